The minimum absolute atomic E-state index is 0.253. The number of halogens is 1. The number of rotatable bonds is 4. The van der Waals surface area contributed by atoms with E-state index in [1.165, 1.54) is 12.4 Å². The second-order valence-electron chi connectivity index (χ2n) is 7.27. The van der Waals surface area contributed by atoms with E-state index in [2.05, 4.69) is 25.1 Å². The number of nitrogens with zero attached hydrogens (tertiary/aromatic N) is 5. The zero-order valence-corrected chi connectivity index (χ0v) is 16.7. The highest BCUT2D eigenvalue weighted by Crippen LogP contribution is 2.33. The lowest BCUT2D eigenvalue weighted by Gasteiger charge is -2.29. The second kappa shape index (κ2) is 8.33. The van der Waals surface area contributed by atoms with Crippen molar-refractivity contribution in [1.82, 2.24) is 20.2 Å². The number of morpholine rings is 1. The average Bonchev–Trinajstić information content (AvgIpc) is 2.84. The standard InChI is InChI=1S/C23H20FN5O2/c24-20-4-1-15(17-5-6-27-28-22(17)13-30)11-19(20)23-18-3-2-16(12-21(18)25-14-26-23)29-7-9-31-10-8-29/h1-6,11-12,14,30H,7-10,13H2. The van der Waals surface area contributed by atoms with Gasteiger partial charge in [0.15, 0.2) is 0 Å². The lowest BCUT2D eigenvalue weighted by Crippen LogP contribution is -2.36. The molecule has 1 aliphatic rings. The predicted molar refractivity (Wildman–Crippen MR) is 115 cm³/mol. The molecule has 0 amide bonds. The van der Waals surface area contributed by atoms with E-state index in [-0.39, 0.29) is 12.4 Å². The first-order valence-corrected chi connectivity index (χ1v) is 10.0. The number of aliphatic hydroxyl groups is 1. The summed E-state index contributed by atoms with van der Waals surface area (Å²) in [7, 11) is 0. The summed E-state index contributed by atoms with van der Waals surface area (Å²) < 4.78 is 20.3. The Labute approximate surface area is 178 Å². The minimum atomic E-state index is -0.381. The third-order valence-corrected chi connectivity index (χ3v) is 5.48. The molecule has 0 bridgehead atoms. The number of hydrogen-bond acceptors (Lipinski definition) is 7. The number of hydrogen-bond donors (Lipinski definition) is 1. The van der Waals surface area contributed by atoms with E-state index in [0.29, 0.717) is 35.7 Å². The van der Waals surface area contributed by atoms with Crippen LogP contribution < -0.4 is 4.90 Å². The number of anilines is 1. The Bertz CT molecular complexity index is 1240. The molecular formula is C23H20FN5O2. The highest BCUT2D eigenvalue weighted by atomic mass is 19.1. The maximum absolute atomic E-state index is 14.9. The molecule has 3 heterocycles. The van der Waals surface area contributed by atoms with Crippen LogP contribution in [0.3, 0.4) is 0 Å². The van der Waals surface area contributed by atoms with Crippen LogP contribution in [0.15, 0.2) is 55.0 Å². The van der Waals surface area contributed by atoms with Gasteiger partial charge in [-0.1, -0.05) is 6.07 Å². The maximum atomic E-state index is 14.9. The zero-order valence-electron chi connectivity index (χ0n) is 16.7. The molecular weight excluding hydrogens is 397 g/mol. The van der Waals surface area contributed by atoms with Gasteiger partial charge in [0.25, 0.3) is 0 Å². The van der Waals surface area contributed by atoms with Gasteiger partial charge in [-0.15, -0.1) is 0 Å². The Morgan fingerprint density at radius 3 is 2.71 bits per heavy atom. The van der Waals surface area contributed by atoms with Crippen LogP contribution in [-0.2, 0) is 11.3 Å². The number of benzene rings is 2. The molecule has 5 rings (SSSR count). The Kier molecular flexibility index (Phi) is 5.23. The largest absolute Gasteiger partial charge is 0.390 e. The van der Waals surface area contributed by atoms with Gasteiger partial charge >= 0.3 is 0 Å². The van der Waals surface area contributed by atoms with Gasteiger partial charge in [-0.25, -0.2) is 14.4 Å². The topological polar surface area (TPSA) is 84.3 Å². The highest BCUT2D eigenvalue weighted by Gasteiger charge is 2.16. The third-order valence-electron chi connectivity index (χ3n) is 5.48. The molecule has 2 aromatic heterocycles. The molecule has 1 saturated heterocycles. The van der Waals surface area contributed by atoms with Gasteiger partial charge in [-0.3, -0.25) is 0 Å². The summed E-state index contributed by atoms with van der Waals surface area (Å²) in [5, 5.41) is 18.1. The molecule has 0 atom stereocenters. The molecule has 1 N–H and O–H groups in total. The highest BCUT2D eigenvalue weighted by molar-refractivity contribution is 5.94. The van der Waals surface area contributed by atoms with Crippen LogP contribution >= 0.6 is 0 Å². The minimum Gasteiger partial charge on any atom is -0.390 e. The molecule has 4 aromatic rings. The summed E-state index contributed by atoms with van der Waals surface area (Å²) >= 11 is 0. The monoisotopic (exact) mass is 417 g/mol. The number of aromatic nitrogens is 4. The van der Waals surface area contributed by atoms with Crippen LogP contribution in [0, 0.1) is 5.82 Å². The normalized spacial score (nSPS) is 14.2. The molecule has 7 nitrogen and oxygen atoms in total. The Morgan fingerprint density at radius 2 is 1.87 bits per heavy atom. The van der Waals surface area contributed by atoms with E-state index in [9.17, 15) is 9.50 Å². The number of ether oxygens (including phenoxy) is 1. The van der Waals surface area contributed by atoms with Gasteiger partial charge in [0.05, 0.1) is 42.9 Å². The molecule has 1 aliphatic heterocycles. The van der Waals surface area contributed by atoms with Crippen LogP contribution in [-0.4, -0.2) is 51.6 Å². The van der Waals surface area contributed by atoms with Crippen LogP contribution in [0.1, 0.15) is 5.69 Å². The van der Waals surface area contributed by atoms with Crippen molar-refractivity contribution in [2.24, 2.45) is 0 Å². The van der Waals surface area contributed by atoms with Crippen molar-refractivity contribution in [2.75, 3.05) is 31.2 Å². The molecule has 0 spiro atoms. The zero-order chi connectivity index (χ0) is 21.2. The number of fused-ring (bicyclic) bond motifs is 1. The van der Waals surface area contributed by atoms with E-state index in [4.69, 9.17) is 4.74 Å². The van der Waals surface area contributed by atoms with Gasteiger partial charge in [0, 0.05) is 35.3 Å². The molecule has 1 fully saturated rings. The molecule has 0 radical (unpaired) electrons. The van der Waals surface area contributed by atoms with E-state index in [0.717, 1.165) is 35.2 Å². The molecule has 8 heteroatoms. The summed E-state index contributed by atoms with van der Waals surface area (Å²) in [5.74, 6) is -0.381. The smallest absolute Gasteiger partial charge is 0.132 e. The summed E-state index contributed by atoms with van der Waals surface area (Å²) in [6, 6.07) is 12.5. The lowest BCUT2D eigenvalue weighted by atomic mass is 9.98. The van der Waals surface area contributed by atoms with Gasteiger partial charge in [0.2, 0.25) is 0 Å². The fourth-order valence-corrected chi connectivity index (χ4v) is 3.89. The SMILES string of the molecule is OCc1nnccc1-c1ccc(F)c(-c2ncnc3cc(N4CCOCC4)ccc23)c1. The molecule has 0 saturated carbocycles. The first kappa shape index (κ1) is 19.5. The Balaban J connectivity index is 1.60. The van der Waals surface area contributed by atoms with Crippen LogP contribution in [0.25, 0.3) is 33.3 Å². The van der Waals surface area contributed by atoms with Crippen molar-refractivity contribution >= 4 is 16.6 Å². The van der Waals surface area contributed by atoms with Crippen molar-refractivity contribution in [3.63, 3.8) is 0 Å². The van der Waals surface area contributed by atoms with Crippen molar-refractivity contribution < 1.29 is 14.2 Å². The van der Waals surface area contributed by atoms with E-state index < -0.39 is 0 Å². The van der Waals surface area contributed by atoms with Gasteiger partial charge in [0.1, 0.15) is 12.1 Å². The maximum Gasteiger partial charge on any atom is 0.132 e. The molecule has 0 unspecified atom stereocenters. The molecule has 0 aliphatic carbocycles. The summed E-state index contributed by atoms with van der Waals surface area (Å²) in [6.07, 6.45) is 3.00. The summed E-state index contributed by atoms with van der Waals surface area (Å²) in [6.45, 7) is 2.80. The van der Waals surface area contributed by atoms with Gasteiger partial charge < -0.3 is 14.7 Å². The van der Waals surface area contributed by atoms with Crippen LogP contribution in [0.5, 0.6) is 0 Å². The van der Waals surface area contributed by atoms with Crippen molar-refractivity contribution in [3.05, 3.63) is 66.5 Å². The van der Waals surface area contributed by atoms with Gasteiger partial charge in [-0.2, -0.15) is 10.2 Å². The lowest BCUT2D eigenvalue weighted by molar-refractivity contribution is 0.122. The molecule has 2 aromatic carbocycles. The Hall–Kier alpha value is -3.49. The summed E-state index contributed by atoms with van der Waals surface area (Å²) in [5.41, 5.74) is 4.56. The van der Waals surface area contributed by atoms with Crippen molar-refractivity contribution in [2.45, 2.75) is 6.61 Å². The van der Waals surface area contributed by atoms with Gasteiger partial charge in [-0.05, 0) is 42.0 Å². The fourth-order valence-electron chi connectivity index (χ4n) is 3.89. The Morgan fingerprint density at radius 1 is 1.00 bits per heavy atom. The molecule has 156 valence electrons. The van der Waals surface area contributed by atoms with E-state index >= 15 is 0 Å². The van der Waals surface area contributed by atoms with Crippen LogP contribution in [0.4, 0.5) is 10.1 Å². The predicted octanol–water partition coefficient (Wildman–Crippen LogP) is 3.22. The fraction of sp³-hybridized carbons (Fsp3) is 0.217. The average molecular weight is 417 g/mol. The van der Waals surface area contributed by atoms with E-state index in [1.54, 1.807) is 24.4 Å². The second-order valence-corrected chi connectivity index (χ2v) is 7.27. The number of aliphatic hydroxyl groups excluding tert-OH is 1. The summed E-state index contributed by atoms with van der Waals surface area (Å²) in [4.78, 5) is 11.1. The van der Waals surface area contributed by atoms with Crippen molar-refractivity contribution in [1.29, 1.82) is 0 Å². The van der Waals surface area contributed by atoms with E-state index in [1.807, 2.05) is 18.2 Å². The third kappa shape index (κ3) is 3.71. The first-order chi connectivity index (χ1) is 15.2. The van der Waals surface area contributed by atoms with Crippen molar-refractivity contribution in [3.8, 4) is 22.4 Å². The quantitative estimate of drug-likeness (QED) is 0.546. The first-order valence-electron chi connectivity index (χ1n) is 10.0. The molecule has 31 heavy (non-hydrogen) atoms. The van der Waals surface area contributed by atoms with Crippen LogP contribution in [0.2, 0.25) is 0 Å².